The van der Waals surface area contributed by atoms with Gasteiger partial charge in [-0.1, -0.05) is 40.7 Å². The van der Waals surface area contributed by atoms with Crippen LogP contribution in [0.4, 0.5) is 0 Å². The molecule has 3 heterocycles. The first-order valence-electron chi connectivity index (χ1n) is 8.61. The third-order valence-electron chi connectivity index (χ3n) is 4.44. The zero-order valence-electron chi connectivity index (χ0n) is 15.1. The van der Waals surface area contributed by atoms with E-state index < -0.39 is 0 Å². The minimum absolute atomic E-state index is 0.137. The average molecular weight is 429 g/mol. The molecular formula is C19H13ClN4O4S. The highest BCUT2D eigenvalue weighted by Crippen LogP contribution is 2.35. The summed E-state index contributed by atoms with van der Waals surface area (Å²) in [6, 6.07) is 10.7. The summed E-state index contributed by atoms with van der Waals surface area (Å²) in [6.45, 7) is 0.137. The van der Waals surface area contributed by atoms with Crippen molar-refractivity contribution in [1.82, 2.24) is 19.7 Å². The van der Waals surface area contributed by atoms with Crippen LogP contribution >= 0.6 is 23.4 Å². The van der Waals surface area contributed by atoms with Gasteiger partial charge in [0.2, 0.25) is 18.5 Å². The molecule has 1 aliphatic heterocycles. The van der Waals surface area contributed by atoms with Crippen molar-refractivity contribution in [2.75, 3.05) is 6.79 Å². The smallest absolute Gasteiger partial charge is 0.261 e. The fourth-order valence-electron chi connectivity index (χ4n) is 2.96. The third-order valence-corrected chi connectivity index (χ3v) is 5.78. The molecular weight excluding hydrogens is 416 g/mol. The van der Waals surface area contributed by atoms with Crippen molar-refractivity contribution < 1.29 is 14.0 Å². The second-order valence-electron chi connectivity index (χ2n) is 6.26. The van der Waals surface area contributed by atoms with Crippen LogP contribution in [-0.2, 0) is 12.8 Å². The Morgan fingerprint density at radius 3 is 2.79 bits per heavy atom. The number of halogens is 1. The van der Waals surface area contributed by atoms with Crippen molar-refractivity contribution >= 4 is 34.3 Å². The van der Waals surface area contributed by atoms with Gasteiger partial charge in [0.25, 0.3) is 5.56 Å². The Labute approximate surface area is 173 Å². The van der Waals surface area contributed by atoms with Crippen LogP contribution in [0.2, 0.25) is 5.02 Å². The number of thioether (sulfide) groups is 1. The fraction of sp³-hybridized carbons (Fsp3) is 0.158. The second kappa shape index (κ2) is 7.09. The van der Waals surface area contributed by atoms with Gasteiger partial charge in [-0.3, -0.25) is 9.36 Å². The number of benzene rings is 2. The molecule has 29 heavy (non-hydrogen) atoms. The number of hydrogen-bond donors (Lipinski definition) is 0. The molecule has 0 saturated heterocycles. The van der Waals surface area contributed by atoms with E-state index in [0.29, 0.717) is 55.6 Å². The van der Waals surface area contributed by atoms with Crippen molar-refractivity contribution in [2.24, 2.45) is 7.05 Å². The summed E-state index contributed by atoms with van der Waals surface area (Å²) < 4.78 is 17.5. The van der Waals surface area contributed by atoms with E-state index in [9.17, 15) is 4.79 Å². The fourth-order valence-corrected chi connectivity index (χ4v) is 3.99. The molecule has 5 rings (SSSR count). The highest BCUT2D eigenvalue weighted by atomic mass is 35.5. The van der Waals surface area contributed by atoms with Crippen LogP contribution in [0.15, 0.2) is 50.9 Å². The van der Waals surface area contributed by atoms with E-state index in [1.165, 1.54) is 16.3 Å². The largest absolute Gasteiger partial charge is 0.454 e. The molecule has 8 nitrogen and oxygen atoms in total. The summed E-state index contributed by atoms with van der Waals surface area (Å²) in [7, 11) is 1.67. The molecule has 146 valence electrons. The average Bonchev–Trinajstić information content (AvgIpc) is 3.38. The van der Waals surface area contributed by atoms with Gasteiger partial charge in [-0.05, 0) is 18.2 Å². The van der Waals surface area contributed by atoms with Crippen molar-refractivity contribution in [1.29, 1.82) is 0 Å². The molecule has 2 aromatic heterocycles. The van der Waals surface area contributed by atoms with Gasteiger partial charge in [0.1, 0.15) is 0 Å². The molecule has 2 aromatic carbocycles. The molecule has 10 heteroatoms. The molecule has 0 fully saturated rings. The molecule has 0 amide bonds. The predicted octanol–water partition coefficient (Wildman–Crippen LogP) is 3.66. The maximum atomic E-state index is 12.7. The summed E-state index contributed by atoms with van der Waals surface area (Å²) in [4.78, 5) is 21.7. The first-order valence-corrected chi connectivity index (χ1v) is 9.97. The minimum atomic E-state index is -0.168. The Bertz CT molecular complexity index is 1300. The molecule has 1 aliphatic rings. The van der Waals surface area contributed by atoms with E-state index in [1.54, 1.807) is 25.2 Å². The van der Waals surface area contributed by atoms with E-state index >= 15 is 0 Å². The summed E-state index contributed by atoms with van der Waals surface area (Å²) in [6.07, 6.45) is 0. The molecule has 0 atom stereocenters. The lowest BCUT2D eigenvalue weighted by atomic mass is 10.2. The summed E-state index contributed by atoms with van der Waals surface area (Å²) in [5, 5.41) is 5.53. The topological polar surface area (TPSA) is 92.3 Å². The van der Waals surface area contributed by atoms with Crippen molar-refractivity contribution in [3.05, 3.63) is 57.7 Å². The number of aromatic nitrogens is 4. The molecule has 0 spiro atoms. The molecule has 0 unspecified atom stereocenters. The number of hydrogen-bond acceptors (Lipinski definition) is 8. The SMILES string of the molecule is Cn1c(SCc2nc(-c3ccccc3Cl)no2)nc2cc3c(cc2c1=O)OCO3. The van der Waals surface area contributed by atoms with Crippen molar-refractivity contribution in [2.45, 2.75) is 10.9 Å². The highest BCUT2D eigenvalue weighted by Gasteiger charge is 2.19. The standard InChI is InChI=1S/C19H13ClN4O4S/c1-24-18(25)11-6-14-15(27-9-26-14)7-13(11)21-19(24)29-8-16-22-17(23-28-16)10-4-2-3-5-12(10)20/h2-7H,8-9H2,1H3. The lowest BCUT2D eigenvalue weighted by Gasteiger charge is -2.08. The molecule has 0 saturated carbocycles. The maximum Gasteiger partial charge on any atom is 0.261 e. The predicted molar refractivity (Wildman–Crippen MR) is 107 cm³/mol. The van der Waals surface area contributed by atoms with E-state index in [4.69, 9.17) is 25.6 Å². The molecule has 4 aromatic rings. The van der Waals surface area contributed by atoms with Gasteiger partial charge in [-0.25, -0.2) is 4.98 Å². The van der Waals surface area contributed by atoms with Crippen LogP contribution in [0.1, 0.15) is 5.89 Å². The molecule has 0 bridgehead atoms. The van der Waals surface area contributed by atoms with Gasteiger partial charge in [-0.2, -0.15) is 4.98 Å². The van der Waals surface area contributed by atoms with Gasteiger partial charge < -0.3 is 14.0 Å². The Kier molecular flexibility index (Phi) is 4.40. The van der Waals surface area contributed by atoms with Gasteiger partial charge in [0, 0.05) is 18.7 Å². The van der Waals surface area contributed by atoms with Gasteiger partial charge in [-0.15, -0.1) is 0 Å². The van der Waals surface area contributed by atoms with E-state index in [1.807, 2.05) is 18.2 Å². The normalized spacial score (nSPS) is 12.6. The van der Waals surface area contributed by atoms with E-state index in [-0.39, 0.29) is 12.4 Å². The molecule has 0 N–H and O–H groups in total. The lowest BCUT2D eigenvalue weighted by molar-refractivity contribution is 0.174. The van der Waals surface area contributed by atoms with Crippen LogP contribution < -0.4 is 15.0 Å². The number of rotatable bonds is 4. The maximum absolute atomic E-state index is 12.7. The number of fused-ring (bicyclic) bond motifs is 2. The highest BCUT2D eigenvalue weighted by molar-refractivity contribution is 7.98. The van der Waals surface area contributed by atoms with Crippen LogP contribution in [0, 0.1) is 0 Å². The molecule has 0 aliphatic carbocycles. The Hall–Kier alpha value is -3.04. The van der Waals surface area contributed by atoms with Crippen LogP contribution in [0.5, 0.6) is 11.5 Å². The van der Waals surface area contributed by atoms with Crippen LogP contribution in [0.3, 0.4) is 0 Å². The van der Waals surface area contributed by atoms with Crippen LogP contribution in [0.25, 0.3) is 22.3 Å². The number of ether oxygens (including phenoxy) is 2. The minimum Gasteiger partial charge on any atom is -0.454 e. The zero-order chi connectivity index (χ0) is 20.0. The zero-order valence-corrected chi connectivity index (χ0v) is 16.7. The van der Waals surface area contributed by atoms with Crippen molar-refractivity contribution in [3.8, 4) is 22.9 Å². The Balaban J connectivity index is 1.43. The quantitative estimate of drug-likeness (QED) is 0.359. The van der Waals surface area contributed by atoms with Gasteiger partial charge in [0.15, 0.2) is 16.7 Å². The Morgan fingerprint density at radius 2 is 1.97 bits per heavy atom. The summed E-state index contributed by atoms with van der Waals surface area (Å²) in [5.74, 6) is 2.31. The van der Waals surface area contributed by atoms with Gasteiger partial charge >= 0.3 is 0 Å². The van der Waals surface area contributed by atoms with E-state index in [2.05, 4.69) is 15.1 Å². The van der Waals surface area contributed by atoms with Gasteiger partial charge in [0.05, 0.1) is 21.7 Å². The lowest BCUT2D eigenvalue weighted by Crippen LogP contribution is -2.20. The van der Waals surface area contributed by atoms with E-state index in [0.717, 1.165) is 0 Å². The summed E-state index contributed by atoms with van der Waals surface area (Å²) in [5.41, 5.74) is 1.07. The first-order chi connectivity index (χ1) is 14.1. The first kappa shape index (κ1) is 18.0. The number of nitrogens with zero attached hydrogens (tertiary/aromatic N) is 4. The third kappa shape index (κ3) is 3.22. The second-order valence-corrected chi connectivity index (χ2v) is 7.61. The Morgan fingerprint density at radius 1 is 1.17 bits per heavy atom. The summed E-state index contributed by atoms with van der Waals surface area (Å²) >= 11 is 7.51. The van der Waals surface area contributed by atoms with Crippen molar-refractivity contribution in [3.63, 3.8) is 0 Å². The monoisotopic (exact) mass is 428 g/mol. The molecule has 0 radical (unpaired) electrons. The van der Waals surface area contributed by atoms with Crippen LogP contribution in [-0.4, -0.2) is 26.5 Å².